The Labute approximate surface area is 101 Å². The standard InChI is InChI=1S/C9H8O.CHF3O3S/c10-9-5-7-3-1-2-4-8(7)6-9;2-1(3,4)8(5,6)7/h1-5,10H,6H2;(H,5,6,7). The lowest BCUT2D eigenvalue weighted by atomic mass is 10.1. The van der Waals surface area contributed by atoms with E-state index in [1.807, 2.05) is 30.3 Å². The van der Waals surface area contributed by atoms with Crippen LogP contribution in [0, 0.1) is 0 Å². The molecule has 1 aromatic rings. The van der Waals surface area contributed by atoms with Crippen molar-refractivity contribution in [1.82, 2.24) is 0 Å². The molecule has 0 radical (unpaired) electrons. The van der Waals surface area contributed by atoms with Crippen LogP contribution >= 0.6 is 0 Å². The van der Waals surface area contributed by atoms with E-state index in [0.717, 1.165) is 5.56 Å². The van der Waals surface area contributed by atoms with E-state index in [2.05, 4.69) is 0 Å². The SMILES string of the molecule is O=S(=O)(O)C(F)(F)F.OC1=Cc2ccccc2C1. The highest BCUT2D eigenvalue weighted by atomic mass is 32.2. The average Bonchev–Trinajstić information content (AvgIpc) is 2.55. The molecule has 0 aromatic heterocycles. The maximum atomic E-state index is 10.7. The number of hydrogen-bond acceptors (Lipinski definition) is 3. The largest absolute Gasteiger partial charge is 0.522 e. The van der Waals surface area contributed by atoms with Crippen LogP contribution in [0.5, 0.6) is 0 Å². The lowest BCUT2D eigenvalue weighted by Crippen LogP contribution is -2.21. The lowest BCUT2D eigenvalue weighted by Gasteiger charge is -1.97. The summed E-state index contributed by atoms with van der Waals surface area (Å²) in [5.41, 5.74) is -3.16. The van der Waals surface area contributed by atoms with E-state index in [0.29, 0.717) is 12.2 Å². The summed E-state index contributed by atoms with van der Waals surface area (Å²) in [6.45, 7) is 0. The fourth-order valence-corrected chi connectivity index (χ4v) is 1.26. The molecule has 0 aliphatic heterocycles. The quantitative estimate of drug-likeness (QED) is 0.566. The molecule has 4 nitrogen and oxygen atoms in total. The number of aliphatic hydroxyl groups is 1. The second-order valence-corrected chi connectivity index (χ2v) is 4.85. The minimum Gasteiger partial charge on any atom is -0.512 e. The van der Waals surface area contributed by atoms with Crippen LogP contribution in [0.4, 0.5) is 13.2 Å². The molecular formula is C10H9F3O4S. The van der Waals surface area contributed by atoms with Gasteiger partial charge in [0.15, 0.2) is 0 Å². The smallest absolute Gasteiger partial charge is 0.512 e. The minimum atomic E-state index is -5.84. The molecule has 0 saturated heterocycles. The Hall–Kier alpha value is -1.54. The van der Waals surface area contributed by atoms with E-state index >= 15 is 0 Å². The number of alkyl halides is 3. The first-order valence-corrected chi connectivity index (χ1v) is 6.06. The predicted octanol–water partition coefficient (Wildman–Crippen LogP) is 2.54. The van der Waals surface area contributed by atoms with Gasteiger partial charge in [-0.3, -0.25) is 4.55 Å². The molecular weight excluding hydrogens is 273 g/mol. The van der Waals surface area contributed by atoms with Gasteiger partial charge in [0.25, 0.3) is 0 Å². The van der Waals surface area contributed by atoms with E-state index in [1.54, 1.807) is 0 Å². The Morgan fingerprint density at radius 3 is 2.11 bits per heavy atom. The van der Waals surface area contributed by atoms with Crippen molar-refractivity contribution >= 4 is 16.2 Å². The minimum absolute atomic E-state index is 0.473. The molecule has 0 amide bonds. The van der Waals surface area contributed by atoms with Crippen molar-refractivity contribution in [2.45, 2.75) is 11.9 Å². The van der Waals surface area contributed by atoms with Crippen LogP contribution in [0.15, 0.2) is 30.0 Å². The topological polar surface area (TPSA) is 74.6 Å². The van der Waals surface area contributed by atoms with Crippen LogP contribution in [0.2, 0.25) is 0 Å². The van der Waals surface area contributed by atoms with Gasteiger partial charge >= 0.3 is 15.6 Å². The number of benzene rings is 1. The lowest BCUT2D eigenvalue weighted by molar-refractivity contribution is -0.0510. The molecule has 1 aliphatic carbocycles. The molecule has 100 valence electrons. The Morgan fingerprint density at radius 2 is 1.67 bits per heavy atom. The summed E-state index contributed by atoms with van der Waals surface area (Å²) in [4.78, 5) is 0. The number of fused-ring (bicyclic) bond motifs is 1. The van der Waals surface area contributed by atoms with Crippen molar-refractivity contribution in [3.63, 3.8) is 0 Å². The van der Waals surface area contributed by atoms with Gasteiger partial charge in [0.1, 0.15) is 0 Å². The van der Waals surface area contributed by atoms with Crippen LogP contribution in [0.3, 0.4) is 0 Å². The van der Waals surface area contributed by atoms with Crippen LogP contribution in [-0.2, 0) is 16.5 Å². The molecule has 0 fully saturated rings. The highest BCUT2D eigenvalue weighted by Gasteiger charge is 2.44. The van der Waals surface area contributed by atoms with Crippen molar-refractivity contribution < 1.29 is 31.2 Å². The van der Waals surface area contributed by atoms with Gasteiger partial charge < -0.3 is 5.11 Å². The monoisotopic (exact) mass is 282 g/mol. The summed E-state index contributed by atoms with van der Waals surface area (Å²) < 4.78 is 57.5. The Kier molecular flexibility index (Phi) is 4.02. The maximum Gasteiger partial charge on any atom is 0.522 e. The van der Waals surface area contributed by atoms with Gasteiger partial charge in [-0.15, -0.1) is 0 Å². The van der Waals surface area contributed by atoms with E-state index in [-0.39, 0.29) is 0 Å². The third-order valence-electron chi connectivity index (χ3n) is 2.04. The van der Waals surface area contributed by atoms with E-state index in [4.69, 9.17) is 18.1 Å². The number of allylic oxidation sites excluding steroid dienone is 1. The van der Waals surface area contributed by atoms with Gasteiger partial charge in [-0.05, 0) is 17.2 Å². The highest BCUT2D eigenvalue weighted by molar-refractivity contribution is 7.86. The summed E-state index contributed by atoms with van der Waals surface area (Å²) in [6.07, 6.45) is 2.52. The van der Waals surface area contributed by atoms with Crippen LogP contribution in [0.1, 0.15) is 11.1 Å². The Balaban J connectivity index is 0.000000187. The summed E-state index contributed by atoms with van der Waals surface area (Å²) in [5, 5.41) is 9.11. The van der Waals surface area contributed by atoms with Crippen molar-refractivity contribution in [3.8, 4) is 0 Å². The first-order valence-electron chi connectivity index (χ1n) is 4.62. The van der Waals surface area contributed by atoms with Crippen molar-refractivity contribution in [2.75, 3.05) is 0 Å². The van der Waals surface area contributed by atoms with Crippen LogP contribution in [-0.4, -0.2) is 23.6 Å². The normalized spacial score (nSPS) is 14.3. The maximum absolute atomic E-state index is 10.7. The van der Waals surface area contributed by atoms with Crippen molar-refractivity contribution in [3.05, 3.63) is 41.2 Å². The molecule has 0 spiro atoms. The predicted molar refractivity (Wildman–Crippen MR) is 58.4 cm³/mol. The van der Waals surface area contributed by atoms with E-state index in [9.17, 15) is 13.2 Å². The molecule has 0 atom stereocenters. The number of halogens is 3. The molecule has 0 heterocycles. The molecule has 8 heteroatoms. The summed E-state index contributed by atoms with van der Waals surface area (Å²) in [6, 6.07) is 8.02. The fraction of sp³-hybridized carbons (Fsp3) is 0.200. The highest BCUT2D eigenvalue weighted by Crippen LogP contribution is 2.22. The van der Waals surface area contributed by atoms with Gasteiger partial charge in [0.2, 0.25) is 0 Å². The first-order chi connectivity index (χ1) is 8.11. The zero-order chi connectivity index (χ0) is 14.0. The zero-order valence-corrected chi connectivity index (χ0v) is 9.66. The molecule has 1 aliphatic rings. The molecule has 0 saturated carbocycles. The van der Waals surface area contributed by atoms with E-state index in [1.165, 1.54) is 5.56 Å². The van der Waals surface area contributed by atoms with E-state index < -0.39 is 15.6 Å². The second kappa shape index (κ2) is 4.99. The summed E-state index contributed by atoms with van der Waals surface area (Å²) in [5.74, 6) is 0.473. The van der Waals surface area contributed by atoms with Gasteiger partial charge in [0, 0.05) is 6.42 Å². The first kappa shape index (κ1) is 14.5. The molecule has 1 aromatic carbocycles. The van der Waals surface area contributed by atoms with Gasteiger partial charge in [0.05, 0.1) is 5.76 Å². The molecule has 2 N–H and O–H groups in total. The van der Waals surface area contributed by atoms with Gasteiger partial charge in [-0.1, -0.05) is 24.3 Å². The molecule has 0 unspecified atom stereocenters. The second-order valence-electron chi connectivity index (χ2n) is 3.43. The van der Waals surface area contributed by atoms with Crippen LogP contribution in [0.25, 0.3) is 6.08 Å². The molecule has 18 heavy (non-hydrogen) atoms. The molecule has 0 bridgehead atoms. The van der Waals surface area contributed by atoms with Crippen LogP contribution < -0.4 is 0 Å². The number of rotatable bonds is 0. The molecule has 2 rings (SSSR count). The Morgan fingerprint density at radius 1 is 1.17 bits per heavy atom. The van der Waals surface area contributed by atoms with Crippen molar-refractivity contribution in [2.24, 2.45) is 0 Å². The average molecular weight is 282 g/mol. The van der Waals surface area contributed by atoms with Gasteiger partial charge in [-0.2, -0.15) is 21.6 Å². The fourth-order valence-electron chi connectivity index (χ4n) is 1.26. The number of hydrogen-bond donors (Lipinski definition) is 2. The van der Waals surface area contributed by atoms with Gasteiger partial charge in [-0.25, -0.2) is 0 Å². The third kappa shape index (κ3) is 3.74. The van der Waals surface area contributed by atoms with Crippen molar-refractivity contribution in [1.29, 1.82) is 0 Å². The summed E-state index contributed by atoms with van der Waals surface area (Å²) >= 11 is 0. The zero-order valence-electron chi connectivity index (χ0n) is 8.85. The summed E-state index contributed by atoms with van der Waals surface area (Å²) in [7, 11) is -5.84. The Bertz CT molecular complexity index is 561. The number of aliphatic hydroxyl groups excluding tert-OH is 1. The third-order valence-corrected chi connectivity index (χ3v) is 2.63.